The van der Waals surface area contributed by atoms with Gasteiger partial charge < -0.3 is 9.94 Å². The van der Waals surface area contributed by atoms with E-state index in [1.165, 1.54) is 43.6 Å². The molecular formula is C20H39NO3. The number of allylic oxidation sites excluding steroid dienone is 1. The van der Waals surface area contributed by atoms with Gasteiger partial charge >= 0.3 is 5.97 Å². The number of carbonyl (C=O) groups is 1. The van der Waals surface area contributed by atoms with E-state index in [0.29, 0.717) is 6.42 Å². The number of hydroxylamine groups is 2. The molecule has 0 aromatic carbocycles. The molecule has 0 spiro atoms. The maximum atomic E-state index is 11.3. The van der Waals surface area contributed by atoms with Crippen molar-refractivity contribution in [1.82, 2.24) is 5.06 Å². The highest BCUT2D eigenvalue weighted by Gasteiger charge is 2.03. The highest BCUT2D eigenvalue weighted by molar-refractivity contribution is 5.68. The molecule has 0 amide bonds. The molecular weight excluding hydrogens is 302 g/mol. The monoisotopic (exact) mass is 341 g/mol. The Kier molecular flexibility index (Phi) is 16.4. The molecule has 0 aliphatic carbocycles. The fraction of sp³-hybridized carbons (Fsp3) is 0.850. The van der Waals surface area contributed by atoms with Crippen LogP contribution in [0.25, 0.3) is 0 Å². The maximum absolute atomic E-state index is 11.3. The first-order valence-corrected chi connectivity index (χ1v) is 9.77. The number of carbonyl (C=O) groups excluding carboxylic acids is 1. The van der Waals surface area contributed by atoms with Gasteiger partial charge in [0.05, 0.1) is 6.10 Å². The third-order valence-corrected chi connectivity index (χ3v) is 4.00. The highest BCUT2D eigenvalue weighted by Crippen LogP contribution is 2.10. The van der Waals surface area contributed by atoms with Crippen LogP contribution in [0.5, 0.6) is 0 Å². The SMILES string of the molecule is CCCCCC[C@@H](O)C/C=C\CCCCCCCC(=O)ON(C)C. The quantitative estimate of drug-likeness (QED) is 0.243. The number of unbranched alkanes of at least 4 members (excludes halogenated alkanes) is 8. The zero-order valence-corrected chi connectivity index (χ0v) is 16.1. The third-order valence-electron chi connectivity index (χ3n) is 4.00. The van der Waals surface area contributed by atoms with E-state index in [0.717, 1.165) is 38.5 Å². The van der Waals surface area contributed by atoms with E-state index in [1.807, 2.05) is 0 Å². The summed E-state index contributed by atoms with van der Waals surface area (Å²) in [6, 6.07) is 0. The number of aliphatic hydroxyl groups is 1. The number of hydrogen-bond acceptors (Lipinski definition) is 4. The van der Waals surface area contributed by atoms with Gasteiger partial charge in [0.15, 0.2) is 0 Å². The largest absolute Gasteiger partial charge is 0.393 e. The van der Waals surface area contributed by atoms with Crippen molar-refractivity contribution in [3.05, 3.63) is 12.2 Å². The molecule has 24 heavy (non-hydrogen) atoms. The average molecular weight is 342 g/mol. The summed E-state index contributed by atoms with van der Waals surface area (Å²) in [5, 5.41) is 11.3. The second-order valence-electron chi connectivity index (χ2n) is 6.79. The minimum absolute atomic E-state index is 0.142. The lowest BCUT2D eigenvalue weighted by Crippen LogP contribution is -2.18. The number of hydrogen-bond donors (Lipinski definition) is 1. The van der Waals surface area contributed by atoms with Gasteiger partial charge in [-0.1, -0.05) is 64.0 Å². The van der Waals surface area contributed by atoms with E-state index in [2.05, 4.69) is 19.1 Å². The van der Waals surface area contributed by atoms with Crippen molar-refractivity contribution in [3.63, 3.8) is 0 Å². The van der Waals surface area contributed by atoms with E-state index >= 15 is 0 Å². The molecule has 0 bridgehead atoms. The lowest BCUT2D eigenvalue weighted by molar-refractivity contribution is -0.178. The fourth-order valence-electron chi connectivity index (χ4n) is 2.61. The van der Waals surface area contributed by atoms with Crippen LogP contribution in [0, 0.1) is 0 Å². The van der Waals surface area contributed by atoms with Crippen LogP contribution in [0.15, 0.2) is 12.2 Å². The molecule has 0 radical (unpaired) electrons. The Bertz CT molecular complexity index is 316. The molecule has 0 saturated heterocycles. The van der Waals surface area contributed by atoms with Crippen molar-refractivity contribution in [3.8, 4) is 0 Å². The molecule has 0 aliphatic rings. The molecule has 1 N–H and O–H groups in total. The van der Waals surface area contributed by atoms with Crippen molar-refractivity contribution in [1.29, 1.82) is 0 Å². The van der Waals surface area contributed by atoms with Gasteiger partial charge in [-0.15, -0.1) is 5.06 Å². The summed E-state index contributed by atoms with van der Waals surface area (Å²) in [5.74, 6) is -0.142. The van der Waals surface area contributed by atoms with Crippen molar-refractivity contribution in [2.75, 3.05) is 14.1 Å². The second kappa shape index (κ2) is 17.0. The Labute approximate surface area is 149 Å². The Morgan fingerprint density at radius 3 is 2.38 bits per heavy atom. The summed E-state index contributed by atoms with van der Waals surface area (Å²) >= 11 is 0. The summed E-state index contributed by atoms with van der Waals surface area (Å²) in [4.78, 5) is 16.3. The highest BCUT2D eigenvalue weighted by atomic mass is 16.7. The van der Waals surface area contributed by atoms with Crippen molar-refractivity contribution in [2.24, 2.45) is 0 Å². The summed E-state index contributed by atoms with van der Waals surface area (Å²) < 4.78 is 0. The Morgan fingerprint density at radius 1 is 1.00 bits per heavy atom. The average Bonchev–Trinajstić information content (AvgIpc) is 2.52. The number of nitrogens with zero attached hydrogens (tertiary/aromatic N) is 1. The molecule has 0 saturated carbocycles. The predicted molar refractivity (Wildman–Crippen MR) is 101 cm³/mol. The van der Waals surface area contributed by atoms with Gasteiger partial charge in [0.25, 0.3) is 0 Å². The Morgan fingerprint density at radius 2 is 1.67 bits per heavy atom. The predicted octanol–water partition coefficient (Wildman–Crippen LogP) is 5.01. The summed E-state index contributed by atoms with van der Waals surface area (Å²) in [7, 11) is 3.44. The number of rotatable bonds is 16. The third kappa shape index (κ3) is 17.5. The molecule has 0 aromatic heterocycles. The topological polar surface area (TPSA) is 49.8 Å². The van der Waals surface area contributed by atoms with Crippen LogP contribution in [-0.2, 0) is 9.63 Å². The fourth-order valence-corrected chi connectivity index (χ4v) is 2.61. The molecule has 4 nitrogen and oxygen atoms in total. The van der Waals surface area contributed by atoms with Crippen molar-refractivity contribution < 1.29 is 14.7 Å². The Hall–Kier alpha value is -0.870. The molecule has 0 fully saturated rings. The molecule has 4 heteroatoms. The van der Waals surface area contributed by atoms with Crippen LogP contribution >= 0.6 is 0 Å². The van der Waals surface area contributed by atoms with Gasteiger partial charge in [-0.2, -0.15) is 0 Å². The first-order valence-electron chi connectivity index (χ1n) is 9.77. The molecule has 1 atom stereocenters. The molecule has 0 unspecified atom stereocenters. The molecule has 0 rings (SSSR count). The first-order chi connectivity index (χ1) is 11.6. The smallest absolute Gasteiger partial charge is 0.325 e. The van der Waals surface area contributed by atoms with Gasteiger partial charge in [-0.3, -0.25) is 4.79 Å². The summed E-state index contributed by atoms with van der Waals surface area (Å²) in [6.45, 7) is 2.21. The summed E-state index contributed by atoms with van der Waals surface area (Å²) in [6.07, 6.45) is 17.9. The van der Waals surface area contributed by atoms with Crippen LogP contribution in [0.2, 0.25) is 0 Å². The van der Waals surface area contributed by atoms with Gasteiger partial charge in [0.1, 0.15) is 0 Å². The second-order valence-corrected chi connectivity index (χ2v) is 6.79. The molecule has 0 heterocycles. The van der Waals surface area contributed by atoms with Gasteiger partial charge in [0.2, 0.25) is 0 Å². The van der Waals surface area contributed by atoms with E-state index in [9.17, 15) is 9.90 Å². The van der Waals surface area contributed by atoms with E-state index in [-0.39, 0.29) is 12.1 Å². The lowest BCUT2D eigenvalue weighted by Gasteiger charge is -2.09. The van der Waals surface area contributed by atoms with Crippen LogP contribution in [0.4, 0.5) is 0 Å². The standard InChI is InChI=1S/C20H39NO3/c1-4-5-6-13-16-19(22)17-14-11-9-7-8-10-12-15-18-20(23)24-21(2)3/h11,14,19,22H,4-10,12-13,15-18H2,1-3H3/b14-11-/t19-/m1/s1. The van der Waals surface area contributed by atoms with Crippen LogP contribution in [0.1, 0.15) is 90.4 Å². The first kappa shape index (κ1) is 23.1. The zero-order valence-electron chi connectivity index (χ0n) is 16.1. The van der Waals surface area contributed by atoms with E-state index in [4.69, 9.17) is 4.84 Å². The van der Waals surface area contributed by atoms with E-state index < -0.39 is 0 Å². The Balaban J connectivity index is 3.33. The van der Waals surface area contributed by atoms with Crippen molar-refractivity contribution in [2.45, 2.75) is 96.5 Å². The van der Waals surface area contributed by atoms with Crippen molar-refractivity contribution >= 4 is 5.97 Å². The molecule has 0 aromatic rings. The summed E-state index contributed by atoms with van der Waals surface area (Å²) in [5.41, 5.74) is 0. The van der Waals surface area contributed by atoms with E-state index in [1.54, 1.807) is 14.1 Å². The number of aliphatic hydroxyl groups excluding tert-OH is 1. The minimum Gasteiger partial charge on any atom is -0.393 e. The van der Waals surface area contributed by atoms with Crippen LogP contribution in [-0.4, -0.2) is 36.3 Å². The van der Waals surface area contributed by atoms with Gasteiger partial charge in [-0.05, 0) is 32.1 Å². The molecule has 142 valence electrons. The maximum Gasteiger partial charge on any atom is 0.325 e. The molecule has 0 aliphatic heterocycles. The van der Waals surface area contributed by atoms with Gasteiger partial charge in [0, 0.05) is 20.5 Å². The van der Waals surface area contributed by atoms with Gasteiger partial charge in [-0.25, -0.2) is 0 Å². The minimum atomic E-state index is -0.167. The lowest BCUT2D eigenvalue weighted by atomic mass is 10.1. The van der Waals surface area contributed by atoms with Crippen LogP contribution in [0.3, 0.4) is 0 Å². The normalized spacial score (nSPS) is 12.9. The zero-order chi connectivity index (χ0) is 18.0. The van der Waals surface area contributed by atoms with Crippen LogP contribution < -0.4 is 0 Å².